The smallest absolute Gasteiger partial charge is 0.274 e. The summed E-state index contributed by atoms with van der Waals surface area (Å²) in [5, 5.41) is 8.32. The lowest BCUT2D eigenvalue weighted by Gasteiger charge is -2.34. The van der Waals surface area contributed by atoms with E-state index >= 15 is 0 Å². The van der Waals surface area contributed by atoms with Gasteiger partial charge in [-0.15, -0.1) is 10.2 Å². The van der Waals surface area contributed by atoms with Crippen molar-refractivity contribution in [2.24, 2.45) is 0 Å². The predicted octanol–water partition coefficient (Wildman–Crippen LogP) is 1.93. The minimum atomic E-state index is -0.0595. The van der Waals surface area contributed by atoms with Gasteiger partial charge in [0, 0.05) is 45.1 Å². The van der Waals surface area contributed by atoms with Crippen LogP contribution in [0.25, 0.3) is 5.82 Å². The fourth-order valence-electron chi connectivity index (χ4n) is 3.30. The number of carbonyl (C=O) groups is 1. The van der Waals surface area contributed by atoms with E-state index in [0.717, 1.165) is 25.5 Å². The molecular weight excluding hydrogens is 340 g/mol. The van der Waals surface area contributed by atoms with Gasteiger partial charge < -0.3 is 4.90 Å². The summed E-state index contributed by atoms with van der Waals surface area (Å²) in [6.07, 6.45) is 3.54. The molecule has 0 radical (unpaired) electrons. The molecule has 1 saturated heterocycles. The maximum atomic E-state index is 12.7. The number of amides is 1. The van der Waals surface area contributed by atoms with Crippen LogP contribution < -0.4 is 0 Å². The van der Waals surface area contributed by atoms with Crippen LogP contribution in [0, 0.1) is 6.92 Å². The van der Waals surface area contributed by atoms with E-state index in [1.807, 2.05) is 28.7 Å². The Labute approximate surface area is 158 Å². The van der Waals surface area contributed by atoms with E-state index in [-0.39, 0.29) is 5.91 Å². The number of aromatic nitrogens is 4. The van der Waals surface area contributed by atoms with Crippen LogP contribution in [0.15, 0.2) is 54.9 Å². The first kappa shape index (κ1) is 17.4. The van der Waals surface area contributed by atoms with Crippen molar-refractivity contribution in [1.29, 1.82) is 0 Å². The van der Waals surface area contributed by atoms with Crippen molar-refractivity contribution >= 4 is 5.91 Å². The van der Waals surface area contributed by atoms with Gasteiger partial charge in [0.05, 0.1) is 0 Å². The quantitative estimate of drug-likeness (QED) is 0.709. The van der Waals surface area contributed by atoms with Gasteiger partial charge in [-0.25, -0.2) is 4.98 Å². The topological polar surface area (TPSA) is 67.2 Å². The van der Waals surface area contributed by atoms with Crippen molar-refractivity contribution in [2.45, 2.75) is 13.5 Å². The number of hydrogen-bond donors (Lipinski definition) is 0. The molecule has 3 heterocycles. The third kappa shape index (κ3) is 3.88. The number of rotatable bonds is 4. The van der Waals surface area contributed by atoms with Crippen LogP contribution in [-0.4, -0.2) is 61.6 Å². The summed E-state index contributed by atoms with van der Waals surface area (Å²) in [7, 11) is 0. The summed E-state index contributed by atoms with van der Waals surface area (Å²) in [5.41, 5.74) is 1.68. The largest absolute Gasteiger partial charge is 0.335 e. The van der Waals surface area contributed by atoms with Crippen LogP contribution in [0.3, 0.4) is 0 Å². The zero-order chi connectivity index (χ0) is 18.6. The minimum Gasteiger partial charge on any atom is -0.335 e. The molecular formula is C20H22N6O. The third-order valence-corrected chi connectivity index (χ3v) is 4.85. The Morgan fingerprint density at radius 3 is 2.41 bits per heavy atom. The van der Waals surface area contributed by atoms with Crippen molar-refractivity contribution in [3.05, 3.63) is 71.9 Å². The first-order valence-electron chi connectivity index (χ1n) is 9.10. The van der Waals surface area contributed by atoms with Crippen LogP contribution in [0.4, 0.5) is 0 Å². The SMILES string of the molecule is Cc1nccn1-c1ccc(C(=O)N2CCN(Cc3ccccc3)CC2)nn1. The first-order chi connectivity index (χ1) is 13.2. The van der Waals surface area contributed by atoms with Gasteiger partial charge in [-0.1, -0.05) is 30.3 Å². The maximum Gasteiger partial charge on any atom is 0.274 e. The summed E-state index contributed by atoms with van der Waals surface area (Å²) >= 11 is 0. The van der Waals surface area contributed by atoms with E-state index in [1.54, 1.807) is 18.3 Å². The number of carbonyl (C=O) groups excluding carboxylic acids is 1. The van der Waals surface area contributed by atoms with Crippen molar-refractivity contribution in [3.63, 3.8) is 0 Å². The van der Waals surface area contributed by atoms with E-state index < -0.39 is 0 Å². The van der Waals surface area contributed by atoms with Crippen LogP contribution in [0.2, 0.25) is 0 Å². The van der Waals surface area contributed by atoms with Crippen molar-refractivity contribution < 1.29 is 4.79 Å². The van der Waals surface area contributed by atoms with E-state index in [2.05, 4.69) is 44.3 Å². The molecule has 1 fully saturated rings. The van der Waals surface area contributed by atoms with Gasteiger partial charge in [-0.3, -0.25) is 14.3 Å². The van der Waals surface area contributed by atoms with E-state index in [9.17, 15) is 4.79 Å². The molecule has 1 aromatic carbocycles. The summed E-state index contributed by atoms with van der Waals surface area (Å²) < 4.78 is 1.84. The number of benzene rings is 1. The highest BCUT2D eigenvalue weighted by Gasteiger charge is 2.23. The molecule has 0 unspecified atom stereocenters. The summed E-state index contributed by atoms with van der Waals surface area (Å²) in [6, 6.07) is 14.0. The zero-order valence-corrected chi connectivity index (χ0v) is 15.3. The highest BCUT2D eigenvalue weighted by atomic mass is 16.2. The van der Waals surface area contributed by atoms with Gasteiger partial charge in [-0.05, 0) is 24.6 Å². The molecule has 3 aromatic rings. The molecule has 0 N–H and O–H groups in total. The molecule has 1 aliphatic rings. The number of nitrogens with zero attached hydrogens (tertiary/aromatic N) is 6. The normalized spacial score (nSPS) is 15.1. The predicted molar refractivity (Wildman–Crippen MR) is 102 cm³/mol. The van der Waals surface area contributed by atoms with Gasteiger partial charge in [0.15, 0.2) is 11.5 Å². The van der Waals surface area contributed by atoms with Gasteiger partial charge in [0.25, 0.3) is 5.91 Å². The average molecular weight is 362 g/mol. The Kier molecular flexibility index (Phi) is 4.93. The lowest BCUT2D eigenvalue weighted by atomic mass is 10.2. The number of aryl methyl sites for hydroxylation is 1. The van der Waals surface area contributed by atoms with Gasteiger partial charge in [0.1, 0.15) is 5.82 Å². The maximum absolute atomic E-state index is 12.7. The van der Waals surface area contributed by atoms with Crippen molar-refractivity contribution in [2.75, 3.05) is 26.2 Å². The summed E-state index contributed by atoms with van der Waals surface area (Å²) in [4.78, 5) is 21.1. The average Bonchev–Trinajstić information content (AvgIpc) is 3.15. The molecule has 0 saturated carbocycles. The molecule has 27 heavy (non-hydrogen) atoms. The Balaban J connectivity index is 1.36. The van der Waals surface area contributed by atoms with Crippen molar-refractivity contribution in [1.82, 2.24) is 29.5 Å². The van der Waals surface area contributed by atoms with Gasteiger partial charge in [-0.2, -0.15) is 0 Å². The zero-order valence-electron chi connectivity index (χ0n) is 15.3. The Bertz CT molecular complexity index is 898. The number of hydrogen-bond acceptors (Lipinski definition) is 5. The third-order valence-electron chi connectivity index (χ3n) is 4.85. The van der Waals surface area contributed by atoms with E-state index in [1.165, 1.54) is 5.56 Å². The number of imidazole rings is 1. The summed E-state index contributed by atoms with van der Waals surface area (Å²) in [5.74, 6) is 1.43. The molecule has 1 amide bonds. The Hall–Kier alpha value is -3.06. The molecule has 4 rings (SSSR count). The fourth-order valence-corrected chi connectivity index (χ4v) is 3.30. The Morgan fingerprint density at radius 2 is 1.78 bits per heavy atom. The van der Waals surface area contributed by atoms with Crippen LogP contribution in [0.1, 0.15) is 21.9 Å². The molecule has 7 heteroatoms. The molecule has 0 atom stereocenters. The van der Waals surface area contributed by atoms with Crippen molar-refractivity contribution in [3.8, 4) is 5.82 Å². The van der Waals surface area contributed by atoms with Crippen LogP contribution in [-0.2, 0) is 6.54 Å². The van der Waals surface area contributed by atoms with E-state index in [0.29, 0.717) is 24.6 Å². The van der Waals surface area contributed by atoms with Crippen LogP contribution >= 0.6 is 0 Å². The lowest BCUT2D eigenvalue weighted by molar-refractivity contribution is 0.0621. The van der Waals surface area contributed by atoms with Gasteiger partial charge in [0.2, 0.25) is 0 Å². The molecule has 7 nitrogen and oxygen atoms in total. The summed E-state index contributed by atoms with van der Waals surface area (Å²) in [6.45, 7) is 5.95. The number of piperazine rings is 1. The molecule has 138 valence electrons. The standard InChI is InChI=1S/C20H22N6O/c1-16-21-9-10-26(16)19-8-7-18(22-23-19)20(27)25-13-11-24(12-14-25)15-17-5-3-2-4-6-17/h2-10H,11-15H2,1H3. The molecule has 0 bridgehead atoms. The molecule has 1 aliphatic heterocycles. The molecule has 2 aromatic heterocycles. The fraction of sp³-hybridized carbons (Fsp3) is 0.300. The molecule has 0 spiro atoms. The monoisotopic (exact) mass is 362 g/mol. The van der Waals surface area contributed by atoms with Gasteiger partial charge >= 0.3 is 0 Å². The highest BCUT2D eigenvalue weighted by molar-refractivity contribution is 5.92. The second kappa shape index (κ2) is 7.67. The lowest BCUT2D eigenvalue weighted by Crippen LogP contribution is -2.48. The first-order valence-corrected chi connectivity index (χ1v) is 9.10. The highest BCUT2D eigenvalue weighted by Crippen LogP contribution is 2.12. The Morgan fingerprint density at radius 1 is 1.00 bits per heavy atom. The minimum absolute atomic E-state index is 0.0595. The van der Waals surface area contributed by atoms with Crippen LogP contribution in [0.5, 0.6) is 0 Å². The van der Waals surface area contributed by atoms with E-state index in [4.69, 9.17) is 0 Å². The molecule has 0 aliphatic carbocycles. The second-order valence-electron chi connectivity index (χ2n) is 6.68. The second-order valence-corrected chi connectivity index (χ2v) is 6.68.